The molecule has 0 unspecified atom stereocenters. The molecule has 0 bridgehead atoms. The Morgan fingerprint density at radius 2 is 1.79 bits per heavy atom. The van der Waals surface area contributed by atoms with Crippen molar-refractivity contribution in [2.24, 2.45) is 5.73 Å². The standard InChI is InChI=1S/C8H6F3I2N/c9-8(10,11)7(14)5-3-4(12)1-2-6(5)13/h1-3,7H,14H2/t7-/m1/s1. The van der Waals surface area contributed by atoms with Crippen molar-refractivity contribution < 1.29 is 13.2 Å². The lowest BCUT2D eigenvalue weighted by Crippen LogP contribution is -2.29. The lowest BCUT2D eigenvalue weighted by Gasteiger charge is -2.17. The summed E-state index contributed by atoms with van der Waals surface area (Å²) in [6, 6.07) is 2.93. The number of rotatable bonds is 1. The summed E-state index contributed by atoms with van der Waals surface area (Å²) in [7, 11) is 0. The normalized spacial score (nSPS) is 14.1. The molecule has 1 atom stereocenters. The van der Waals surface area contributed by atoms with E-state index in [9.17, 15) is 13.2 Å². The summed E-state index contributed by atoms with van der Waals surface area (Å²) in [5.74, 6) is 0. The van der Waals surface area contributed by atoms with Crippen LogP contribution in [0.2, 0.25) is 0 Å². The summed E-state index contributed by atoms with van der Waals surface area (Å²) >= 11 is 3.81. The molecule has 6 heteroatoms. The molecular weight excluding hydrogens is 421 g/mol. The fraction of sp³-hybridized carbons (Fsp3) is 0.250. The predicted molar refractivity (Wildman–Crippen MR) is 64.9 cm³/mol. The van der Waals surface area contributed by atoms with Crippen LogP contribution in [0.5, 0.6) is 0 Å². The third-order valence-corrected chi connectivity index (χ3v) is 3.30. The molecule has 1 aromatic carbocycles. The summed E-state index contributed by atoms with van der Waals surface area (Å²) in [5.41, 5.74) is 5.24. The Hall–Kier alpha value is 0.430. The number of hydrogen-bond acceptors (Lipinski definition) is 1. The minimum Gasteiger partial charge on any atom is -0.316 e. The molecule has 14 heavy (non-hydrogen) atoms. The van der Waals surface area contributed by atoms with Crippen LogP contribution in [0.3, 0.4) is 0 Å². The summed E-state index contributed by atoms with van der Waals surface area (Å²) in [5, 5.41) is 0. The van der Waals surface area contributed by atoms with Crippen molar-refractivity contribution in [3.8, 4) is 0 Å². The molecule has 0 amide bonds. The van der Waals surface area contributed by atoms with E-state index < -0.39 is 12.2 Å². The Bertz CT molecular complexity index is 338. The molecule has 0 aliphatic carbocycles. The molecule has 0 heterocycles. The Labute approximate surface area is 107 Å². The minimum absolute atomic E-state index is 0.130. The van der Waals surface area contributed by atoms with Crippen molar-refractivity contribution in [1.82, 2.24) is 0 Å². The van der Waals surface area contributed by atoms with Crippen molar-refractivity contribution >= 4 is 45.2 Å². The highest BCUT2D eigenvalue weighted by Gasteiger charge is 2.38. The highest BCUT2D eigenvalue weighted by Crippen LogP contribution is 2.33. The maximum Gasteiger partial charge on any atom is 0.407 e. The summed E-state index contributed by atoms with van der Waals surface area (Å²) < 4.78 is 38.2. The van der Waals surface area contributed by atoms with Gasteiger partial charge in [-0.05, 0) is 68.9 Å². The third-order valence-electron chi connectivity index (χ3n) is 1.65. The van der Waals surface area contributed by atoms with Gasteiger partial charge in [0.2, 0.25) is 0 Å². The third kappa shape index (κ3) is 2.96. The van der Waals surface area contributed by atoms with E-state index in [0.29, 0.717) is 3.57 Å². The first-order chi connectivity index (χ1) is 6.32. The molecule has 0 fully saturated rings. The lowest BCUT2D eigenvalue weighted by molar-refractivity contribution is -0.149. The molecule has 0 saturated carbocycles. The van der Waals surface area contributed by atoms with E-state index in [1.807, 2.05) is 45.2 Å². The van der Waals surface area contributed by atoms with Gasteiger partial charge in [0.05, 0.1) is 0 Å². The Balaban J connectivity index is 3.12. The van der Waals surface area contributed by atoms with Gasteiger partial charge >= 0.3 is 6.18 Å². The van der Waals surface area contributed by atoms with Gasteiger partial charge in [0.1, 0.15) is 6.04 Å². The molecule has 0 spiro atoms. The van der Waals surface area contributed by atoms with Crippen molar-refractivity contribution in [3.63, 3.8) is 0 Å². The van der Waals surface area contributed by atoms with Crippen molar-refractivity contribution in [3.05, 3.63) is 30.9 Å². The zero-order valence-electron chi connectivity index (χ0n) is 6.78. The van der Waals surface area contributed by atoms with E-state index in [-0.39, 0.29) is 5.56 Å². The fourth-order valence-corrected chi connectivity index (χ4v) is 2.12. The monoisotopic (exact) mass is 427 g/mol. The lowest BCUT2D eigenvalue weighted by atomic mass is 10.1. The zero-order chi connectivity index (χ0) is 10.9. The molecule has 1 nitrogen and oxygen atoms in total. The zero-order valence-corrected chi connectivity index (χ0v) is 11.1. The molecule has 0 aliphatic rings. The molecule has 0 aromatic heterocycles. The van der Waals surface area contributed by atoms with Crippen LogP contribution in [0.15, 0.2) is 18.2 Å². The van der Waals surface area contributed by atoms with Crippen LogP contribution in [-0.4, -0.2) is 6.18 Å². The molecule has 0 aliphatic heterocycles. The number of alkyl halides is 3. The van der Waals surface area contributed by atoms with Gasteiger partial charge in [-0.25, -0.2) is 0 Å². The van der Waals surface area contributed by atoms with Gasteiger partial charge in [0.25, 0.3) is 0 Å². The van der Waals surface area contributed by atoms with Crippen LogP contribution in [0.25, 0.3) is 0 Å². The molecule has 1 aromatic rings. The highest BCUT2D eigenvalue weighted by molar-refractivity contribution is 14.1. The molecular formula is C8H6F3I2N. The first kappa shape index (κ1) is 12.5. The second-order valence-corrected chi connectivity index (χ2v) is 5.09. The number of benzene rings is 1. The van der Waals surface area contributed by atoms with E-state index in [0.717, 1.165) is 3.57 Å². The van der Waals surface area contributed by atoms with Gasteiger partial charge < -0.3 is 5.73 Å². The topological polar surface area (TPSA) is 26.0 Å². The van der Waals surface area contributed by atoms with Crippen molar-refractivity contribution in [2.45, 2.75) is 12.2 Å². The van der Waals surface area contributed by atoms with Crippen LogP contribution < -0.4 is 5.73 Å². The predicted octanol–water partition coefficient (Wildman–Crippen LogP) is 3.46. The van der Waals surface area contributed by atoms with Crippen molar-refractivity contribution in [1.29, 1.82) is 0 Å². The molecule has 0 saturated heterocycles. The minimum atomic E-state index is -4.38. The second-order valence-electron chi connectivity index (χ2n) is 2.69. The average Bonchev–Trinajstić information content (AvgIpc) is 2.06. The van der Waals surface area contributed by atoms with Gasteiger partial charge in [-0.15, -0.1) is 0 Å². The summed E-state index contributed by atoms with van der Waals surface area (Å²) in [6.07, 6.45) is -4.38. The smallest absolute Gasteiger partial charge is 0.316 e. The van der Waals surface area contributed by atoms with E-state index >= 15 is 0 Å². The molecule has 78 valence electrons. The maximum atomic E-state index is 12.3. The van der Waals surface area contributed by atoms with E-state index in [1.165, 1.54) is 6.07 Å². The molecule has 2 N–H and O–H groups in total. The Morgan fingerprint density at radius 3 is 2.29 bits per heavy atom. The number of halogens is 5. The van der Waals surface area contributed by atoms with Gasteiger partial charge in [0, 0.05) is 7.14 Å². The second kappa shape index (κ2) is 4.52. The van der Waals surface area contributed by atoms with Gasteiger partial charge in [0.15, 0.2) is 0 Å². The largest absolute Gasteiger partial charge is 0.407 e. The quantitative estimate of drug-likeness (QED) is 0.684. The van der Waals surface area contributed by atoms with Gasteiger partial charge in [-0.1, -0.05) is 0 Å². The summed E-state index contributed by atoms with van der Waals surface area (Å²) in [4.78, 5) is 0. The average molecular weight is 427 g/mol. The Kier molecular flexibility index (Phi) is 4.03. The molecule has 0 radical (unpaired) electrons. The highest BCUT2D eigenvalue weighted by atomic mass is 127. The fourth-order valence-electron chi connectivity index (χ4n) is 0.929. The number of hydrogen-bond donors (Lipinski definition) is 1. The van der Waals surface area contributed by atoms with Gasteiger partial charge in [-0.2, -0.15) is 13.2 Å². The van der Waals surface area contributed by atoms with E-state index in [4.69, 9.17) is 5.73 Å². The molecule has 1 rings (SSSR count). The van der Waals surface area contributed by atoms with Crippen LogP contribution in [0, 0.1) is 7.14 Å². The van der Waals surface area contributed by atoms with Crippen molar-refractivity contribution in [2.75, 3.05) is 0 Å². The summed E-state index contributed by atoms with van der Waals surface area (Å²) in [6.45, 7) is 0. The van der Waals surface area contributed by atoms with E-state index in [2.05, 4.69) is 0 Å². The van der Waals surface area contributed by atoms with Crippen LogP contribution in [-0.2, 0) is 0 Å². The van der Waals surface area contributed by atoms with E-state index in [1.54, 1.807) is 12.1 Å². The van der Waals surface area contributed by atoms with Crippen LogP contribution >= 0.6 is 45.2 Å². The first-order valence-electron chi connectivity index (χ1n) is 3.59. The number of nitrogens with two attached hydrogens (primary N) is 1. The SMILES string of the molecule is N[C@H](c1cc(I)ccc1I)C(F)(F)F. The first-order valence-corrected chi connectivity index (χ1v) is 5.75. The maximum absolute atomic E-state index is 12.3. The van der Waals surface area contributed by atoms with Crippen LogP contribution in [0.1, 0.15) is 11.6 Å². The van der Waals surface area contributed by atoms with Crippen LogP contribution in [0.4, 0.5) is 13.2 Å². The Morgan fingerprint density at radius 1 is 1.21 bits per heavy atom. The van der Waals surface area contributed by atoms with Gasteiger partial charge in [-0.3, -0.25) is 0 Å².